The van der Waals surface area contributed by atoms with Crippen LogP contribution in [-0.4, -0.2) is 55.4 Å². The summed E-state index contributed by atoms with van der Waals surface area (Å²) in [4.78, 5) is 14.9. The highest BCUT2D eigenvalue weighted by Crippen LogP contribution is 2.25. The highest BCUT2D eigenvalue weighted by molar-refractivity contribution is 6.05. The fourth-order valence-corrected chi connectivity index (χ4v) is 3.53. The van der Waals surface area contributed by atoms with E-state index < -0.39 is 5.82 Å². The average Bonchev–Trinajstić information content (AvgIpc) is 2.81. The molecule has 1 fully saturated rings. The minimum Gasteiger partial charge on any atom is -0.508 e. The first-order chi connectivity index (χ1) is 15.6. The van der Waals surface area contributed by atoms with Crippen molar-refractivity contribution in [3.63, 3.8) is 0 Å². The first-order valence-electron chi connectivity index (χ1n) is 10.5. The molecule has 0 saturated carbocycles. The third-order valence-corrected chi connectivity index (χ3v) is 5.26. The molecule has 0 atom stereocenters. The van der Waals surface area contributed by atoms with Crippen LogP contribution in [0, 0.1) is 5.82 Å². The topological polar surface area (TPSA) is 71.0 Å². The monoisotopic (exact) mass is 436 g/mol. The van der Waals surface area contributed by atoms with Gasteiger partial charge in [0.15, 0.2) is 11.6 Å². The zero-order valence-corrected chi connectivity index (χ0v) is 17.6. The van der Waals surface area contributed by atoms with E-state index in [9.17, 15) is 14.3 Å². The summed E-state index contributed by atoms with van der Waals surface area (Å²) in [6, 6.07) is 18.2. The van der Waals surface area contributed by atoms with E-state index in [-0.39, 0.29) is 17.4 Å². The molecule has 1 heterocycles. The number of anilines is 1. The van der Waals surface area contributed by atoms with Gasteiger partial charge >= 0.3 is 0 Å². The number of nitrogens with one attached hydrogen (secondary N) is 1. The second-order valence-corrected chi connectivity index (χ2v) is 7.53. The van der Waals surface area contributed by atoms with Crippen molar-refractivity contribution in [2.45, 2.75) is 0 Å². The second-order valence-electron chi connectivity index (χ2n) is 7.53. The smallest absolute Gasteiger partial charge is 0.255 e. The Hall–Kier alpha value is -3.42. The molecule has 1 aliphatic heterocycles. The highest BCUT2D eigenvalue weighted by Gasteiger charge is 2.13. The van der Waals surface area contributed by atoms with Gasteiger partial charge in [-0.25, -0.2) is 4.39 Å². The van der Waals surface area contributed by atoms with Gasteiger partial charge in [0, 0.05) is 37.0 Å². The van der Waals surface area contributed by atoms with Crippen LogP contribution in [0.15, 0.2) is 66.7 Å². The van der Waals surface area contributed by atoms with Crippen LogP contribution in [0.1, 0.15) is 10.4 Å². The predicted molar refractivity (Wildman–Crippen MR) is 121 cm³/mol. The molecular formula is C25H25FN2O4. The zero-order valence-electron chi connectivity index (χ0n) is 17.6. The van der Waals surface area contributed by atoms with Crippen LogP contribution in [0.4, 0.5) is 10.1 Å². The number of nitrogens with zero attached hydrogens (tertiary/aromatic N) is 1. The summed E-state index contributed by atoms with van der Waals surface area (Å²) >= 11 is 0. The number of amides is 1. The number of halogens is 1. The van der Waals surface area contributed by atoms with Gasteiger partial charge < -0.3 is 19.9 Å². The Labute approximate surface area is 186 Å². The van der Waals surface area contributed by atoms with Gasteiger partial charge in [0.25, 0.3) is 5.91 Å². The number of benzene rings is 3. The third-order valence-electron chi connectivity index (χ3n) is 5.26. The normalized spacial score (nSPS) is 14.2. The lowest BCUT2D eigenvalue weighted by Gasteiger charge is -2.26. The lowest BCUT2D eigenvalue weighted by molar-refractivity contribution is 0.0320. The van der Waals surface area contributed by atoms with E-state index in [0.717, 1.165) is 24.2 Å². The summed E-state index contributed by atoms with van der Waals surface area (Å²) in [5, 5.41) is 12.4. The van der Waals surface area contributed by atoms with E-state index in [4.69, 9.17) is 9.47 Å². The molecule has 0 radical (unpaired) electrons. The standard InChI is InChI=1S/C25H25FN2O4/c26-23-17-21(7-8-24(23)32-14-11-28-9-12-31-13-10-28)27-25(30)20-5-1-3-18(15-20)19-4-2-6-22(29)16-19/h1-8,15-17,29H,9-14H2,(H,27,30). The Morgan fingerprint density at radius 2 is 1.78 bits per heavy atom. The number of phenols is 1. The maximum absolute atomic E-state index is 14.5. The van der Waals surface area contributed by atoms with E-state index in [0.29, 0.717) is 37.6 Å². The summed E-state index contributed by atoms with van der Waals surface area (Å²) in [6.07, 6.45) is 0. The van der Waals surface area contributed by atoms with Gasteiger partial charge in [0.2, 0.25) is 0 Å². The summed E-state index contributed by atoms with van der Waals surface area (Å²) in [6.45, 7) is 4.20. The van der Waals surface area contributed by atoms with Gasteiger partial charge in [-0.1, -0.05) is 24.3 Å². The molecule has 3 aromatic rings. The van der Waals surface area contributed by atoms with E-state index in [1.54, 1.807) is 42.5 Å². The van der Waals surface area contributed by atoms with E-state index in [1.807, 2.05) is 12.1 Å². The molecule has 1 amide bonds. The van der Waals surface area contributed by atoms with Gasteiger partial charge in [0.05, 0.1) is 13.2 Å². The maximum Gasteiger partial charge on any atom is 0.255 e. The minimum atomic E-state index is -0.529. The number of morpholine rings is 1. The van der Waals surface area contributed by atoms with Crippen LogP contribution >= 0.6 is 0 Å². The SMILES string of the molecule is O=C(Nc1ccc(OCCN2CCOCC2)c(F)c1)c1cccc(-c2cccc(O)c2)c1. The maximum atomic E-state index is 14.5. The van der Waals surface area contributed by atoms with Gasteiger partial charge in [-0.2, -0.15) is 0 Å². The van der Waals surface area contributed by atoms with Crippen molar-refractivity contribution >= 4 is 11.6 Å². The third kappa shape index (κ3) is 5.63. The Kier molecular flexibility index (Phi) is 6.99. The number of rotatable bonds is 7. The quantitative estimate of drug-likeness (QED) is 0.582. The summed E-state index contributed by atoms with van der Waals surface area (Å²) in [5.41, 5.74) is 2.36. The molecule has 0 aliphatic carbocycles. The molecule has 32 heavy (non-hydrogen) atoms. The number of carbonyl (C=O) groups is 1. The van der Waals surface area contributed by atoms with Gasteiger partial charge in [-0.15, -0.1) is 0 Å². The second kappa shape index (κ2) is 10.3. The number of hydrogen-bond acceptors (Lipinski definition) is 5. The van der Waals surface area contributed by atoms with Crippen LogP contribution < -0.4 is 10.1 Å². The van der Waals surface area contributed by atoms with Gasteiger partial charge in [-0.3, -0.25) is 9.69 Å². The first kappa shape index (κ1) is 21.8. The molecule has 2 N–H and O–H groups in total. The molecule has 7 heteroatoms. The number of aromatic hydroxyl groups is 1. The minimum absolute atomic E-state index is 0.153. The molecule has 0 bridgehead atoms. The number of hydrogen-bond donors (Lipinski definition) is 2. The van der Waals surface area contributed by atoms with Crippen molar-refractivity contribution in [1.82, 2.24) is 4.90 Å². The molecule has 166 valence electrons. The zero-order chi connectivity index (χ0) is 22.3. The van der Waals surface area contributed by atoms with Crippen LogP contribution in [0.2, 0.25) is 0 Å². The fraction of sp³-hybridized carbons (Fsp3) is 0.240. The molecule has 3 aromatic carbocycles. The van der Waals surface area contributed by atoms with Crippen molar-refractivity contribution in [3.05, 3.63) is 78.1 Å². The van der Waals surface area contributed by atoms with Gasteiger partial charge in [0.1, 0.15) is 12.4 Å². The molecular weight excluding hydrogens is 411 g/mol. The lowest BCUT2D eigenvalue weighted by Crippen LogP contribution is -2.38. The molecule has 1 saturated heterocycles. The molecule has 6 nitrogen and oxygen atoms in total. The van der Waals surface area contributed by atoms with Crippen molar-refractivity contribution in [2.24, 2.45) is 0 Å². The Morgan fingerprint density at radius 1 is 1.03 bits per heavy atom. The Bertz CT molecular complexity index is 1080. The summed E-state index contributed by atoms with van der Waals surface area (Å²) < 4.78 is 25.3. The van der Waals surface area contributed by atoms with E-state index in [2.05, 4.69) is 10.2 Å². The molecule has 0 spiro atoms. The molecule has 1 aliphatic rings. The van der Waals surface area contributed by atoms with Crippen LogP contribution in [0.25, 0.3) is 11.1 Å². The van der Waals surface area contributed by atoms with Crippen LogP contribution in [-0.2, 0) is 4.74 Å². The first-order valence-corrected chi connectivity index (χ1v) is 10.5. The fourth-order valence-electron chi connectivity index (χ4n) is 3.53. The van der Waals surface area contributed by atoms with Crippen LogP contribution in [0.3, 0.4) is 0 Å². The molecule has 0 aromatic heterocycles. The number of phenolic OH excluding ortho intramolecular Hbond substituents is 1. The van der Waals surface area contributed by atoms with Crippen molar-refractivity contribution in [3.8, 4) is 22.6 Å². The average molecular weight is 436 g/mol. The van der Waals surface area contributed by atoms with Gasteiger partial charge in [-0.05, 0) is 47.5 Å². The van der Waals surface area contributed by atoms with Crippen molar-refractivity contribution in [2.75, 3.05) is 44.8 Å². The molecule has 4 rings (SSSR count). The Balaban J connectivity index is 1.37. The van der Waals surface area contributed by atoms with Crippen molar-refractivity contribution < 1.29 is 23.8 Å². The van der Waals surface area contributed by atoms with Crippen LogP contribution in [0.5, 0.6) is 11.5 Å². The van der Waals surface area contributed by atoms with E-state index >= 15 is 0 Å². The largest absolute Gasteiger partial charge is 0.508 e. The molecule has 0 unspecified atom stereocenters. The van der Waals surface area contributed by atoms with E-state index in [1.165, 1.54) is 12.1 Å². The highest BCUT2D eigenvalue weighted by atomic mass is 19.1. The lowest BCUT2D eigenvalue weighted by atomic mass is 10.0. The Morgan fingerprint density at radius 3 is 2.53 bits per heavy atom. The predicted octanol–water partition coefficient (Wildman–Crippen LogP) is 4.16. The summed E-state index contributed by atoms with van der Waals surface area (Å²) in [5.74, 6) is -0.576. The van der Waals surface area contributed by atoms with Crippen molar-refractivity contribution in [1.29, 1.82) is 0 Å². The number of ether oxygens (including phenoxy) is 2. The summed E-state index contributed by atoms with van der Waals surface area (Å²) in [7, 11) is 0. The number of carbonyl (C=O) groups excluding carboxylic acids is 1.